The Kier molecular flexibility index (Phi) is 3.86. The maximum atomic E-state index is 12.0. The lowest BCUT2D eigenvalue weighted by Crippen LogP contribution is -2.37. The number of hydrogen-bond acceptors (Lipinski definition) is 2. The number of amides is 1. The lowest BCUT2D eigenvalue weighted by atomic mass is 10.2. The van der Waals surface area contributed by atoms with Gasteiger partial charge in [0.1, 0.15) is 6.04 Å². The molecular formula is C12H18BrN3O. The maximum absolute atomic E-state index is 12.0. The van der Waals surface area contributed by atoms with Crippen LogP contribution >= 0.6 is 15.9 Å². The molecule has 0 aliphatic heterocycles. The predicted octanol–water partition coefficient (Wildman–Crippen LogP) is 2.57. The van der Waals surface area contributed by atoms with E-state index < -0.39 is 0 Å². The van der Waals surface area contributed by atoms with Crippen LogP contribution in [0.5, 0.6) is 0 Å². The summed E-state index contributed by atoms with van der Waals surface area (Å²) >= 11 is 3.41. The van der Waals surface area contributed by atoms with Gasteiger partial charge in [0.25, 0.3) is 0 Å². The molecule has 0 spiro atoms. The lowest BCUT2D eigenvalue weighted by Gasteiger charge is -2.16. The zero-order chi connectivity index (χ0) is 12.4. The summed E-state index contributed by atoms with van der Waals surface area (Å²) in [6, 6.07) is 0.116. The highest BCUT2D eigenvalue weighted by Crippen LogP contribution is 2.20. The minimum absolute atomic E-state index is 0.0619. The number of nitrogens with one attached hydrogen (secondary N) is 1. The topological polar surface area (TPSA) is 46.9 Å². The van der Waals surface area contributed by atoms with E-state index in [-0.39, 0.29) is 11.9 Å². The summed E-state index contributed by atoms with van der Waals surface area (Å²) in [5, 5.41) is 7.41. The number of rotatable bonds is 3. The third-order valence-corrected chi connectivity index (χ3v) is 4.11. The van der Waals surface area contributed by atoms with Gasteiger partial charge in [-0.25, -0.2) is 0 Å². The number of aromatic nitrogens is 2. The van der Waals surface area contributed by atoms with Gasteiger partial charge in [0.2, 0.25) is 5.91 Å². The van der Waals surface area contributed by atoms with Crippen LogP contribution < -0.4 is 5.32 Å². The van der Waals surface area contributed by atoms with Crippen LogP contribution in [0.15, 0.2) is 10.7 Å². The Bertz CT molecular complexity index is 390. The Hall–Kier alpha value is -0.840. The number of carbonyl (C=O) groups is 1. The van der Waals surface area contributed by atoms with Crippen molar-refractivity contribution >= 4 is 21.8 Å². The van der Waals surface area contributed by atoms with Crippen LogP contribution in [0.1, 0.15) is 44.3 Å². The van der Waals surface area contributed by atoms with Crippen LogP contribution in [0.25, 0.3) is 0 Å². The molecule has 1 N–H and O–H groups in total. The molecule has 94 valence electrons. The predicted molar refractivity (Wildman–Crippen MR) is 69.8 cm³/mol. The van der Waals surface area contributed by atoms with Crippen molar-refractivity contribution in [3.63, 3.8) is 0 Å². The summed E-state index contributed by atoms with van der Waals surface area (Å²) in [5.74, 6) is 0.0619. The first kappa shape index (κ1) is 12.6. The lowest BCUT2D eigenvalue weighted by molar-refractivity contribution is -0.124. The SMILES string of the molecule is Cc1nn([C@H](C)C(=O)NC2CCCC2)cc1Br. The van der Waals surface area contributed by atoms with E-state index in [1.165, 1.54) is 12.8 Å². The summed E-state index contributed by atoms with van der Waals surface area (Å²) in [6.07, 6.45) is 6.53. The Morgan fingerprint density at radius 1 is 1.59 bits per heavy atom. The molecule has 1 heterocycles. The quantitative estimate of drug-likeness (QED) is 0.932. The highest BCUT2D eigenvalue weighted by molar-refractivity contribution is 9.10. The average Bonchev–Trinajstić information content (AvgIpc) is 2.89. The number of halogens is 1. The second-order valence-electron chi connectivity index (χ2n) is 4.71. The largest absolute Gasteiger partial charge is 0.352 e. The van der Waals surface area contributed by atoms with E-state index in [1.54, 1.807) is 4.68 Å². The van der Waals surface area contributed by atoms with Crippen molar-refractivity contribution in [1.29, 1.82) is 0 Å². The molecule has 1 aromatic rings. The first-order chi connectivity index (χ1) is 8.08. The van der Waals surface area contributed by atoms with Crippen LogP contribution in [0.4, 0.5) is 0 Å². The molecule has 1 amide bonds. The van der Waals surface area contributed by atoms with E-state index in [0.717, 1.165) is 23.0 Å². The molecule has 1 aliphatic carbocycles. The molecule has 17 heavy (non-hydrogen) atoms. The van der Waals surface area contributed by atoms with E-state index in [0.29, 0.717) is 6.04 Å². The van der Waals surface area contributed by atoms with Gasteiger partial charge in [0, 0.05) is 12.2 Å². The Morgan fingerprint density at radius 2 is 2.24 bits per heavy atom. The number of carbonyl (C=O) groups excluding carboxylic acids is 1. The Balaban J connectivity index is 1.98. The fraction of sp³-hybridized carbons (Fsp3) is 0.667. The van der Waals surface area contributed by atoms with Gasteiger partial charge >= 0.3 is 0 Å². The molecule has 1 atom stereocenters. The van der Waals surface area contributed by atoms with Gasteiger partial charge in [-0.15, -0.1) is 0 Å². The van der Waals surface area contributed by atoms with E-state index in [1.807, 2.05) is 20.0 Å². The van der Waals surface area contributed by atoms with Crippen molar-refractivity contribution in [2.75, 3.05) is 0 Å². The van der Waals surface area contributed by atoms with Crippen LogP contribution in [-0.2, 0) is 4.79 Å². The Morgan fingerprint density at radius 3 is 2.76 bits per heavy atom. The zero-order valence-electron chi connectivity index (χ0n) is 10.2. The third kappa shape index (κ3) is 2.89. The highest BCUT2D eigenvalue weighted by Gasteiger charge is 2.22. The molecule has 0 saturated heterocycles. The minimum atomic E-state index is -0.249. The second kappa shape index (κ2) is 5.21. The van der Waals surface area contributed by atoms with Crippen LogP contribution in [0.3, 0.4) is 0 Å². The molecule has 1 aromatic heterocycles. The summed E-state index contributed by atoms with van der Waals surface area (Å²) in [7, 11) is 0. The molecule has 0 radical (unpaired) electrons. The smallest absolute Gasteiger partial charge is 0.244 e. The molecule has 0 unspecified atom stereocenters. The maximum Gasteiger partial charge on any atom is 0.244 e. The summed E-state index contributed by atoms with van der Waals surface area (Å²) < 4.78 is 2.65. The first-order valence-electron chi connectivity index (χ1n) is 6.09. The van der Waals surface area contributed by atoms with E-state index in [9.17, 15) is 4.79 Å². The standard InChI is InChI=1S/C12H18BrN3O/c1-8-11(13)7-16(15-8)9(2)12(17)14-10-5-3-4-6-10/h7,9-10H,3-6H2,1-2H3,(H,14,17)/t9-/m1/s1. The van der Waals surface area contributed by atoms with Crippen molar-refractivity contribution in [2.24, 2.45) is 0 Å². The fourth-order valence-electron chi connectivity index (χ4n) is 2.17. The van der Waals surface area contributed by atoms with Gasteiger partial charge in [-0.2, -0.15) is 5.10 Å². The van der Waals surface area contributed by atoms with Gasteiger partial charge in [-0.1, -0.05) is 12.8 Å². The molecule has 2 rings (SSSR count). The number of nitrogens with zero attached hydrogens (tertiary/aromatic N) is 2. The van der Waals surface area contributed by atoms with Gasteiger partial charge in [-0.3, -0.25) is 9.48 Å². The minimum Gasteiger partial charge on any atom is -0.352 e. The van der Waals surface area contributed by atoms with Gasteiger partial charge in [0.05, 0.1) is 10.2 Å². The molecule has 0 bridgehead atoms. The highest BCUT2D eigenvalue weighted by atomic mass is 79.9. The van der Waals surface area contributed by atoms with E-state index >= 15 is 0 Å². The molecule has 1 aliphatic rings. The number of hydrogen-bond donors (Lipinski definition) is 1. The summed E-state index contributed by atoms with van der Waals surface area (Å²) in [5.41, 5.74) is 0.908. The second-order valence-corrected chi connectivity index (χ2v) is 5.56. The van der Waals surface area contributed by atoms with Crippen LogP contribution in [0, 0.1) is 6.92 Å². The average molecular weight is 300 g/mol. The van der Waals surface area contributed by atoms with Crippen molar-refractivity contribution in [3.8, 4) is 0 Å². The summed E-state index contributed by atoms with van der Waals surface area (Å²) in [4.78, 5) is 12.0. The molecule has 1 fully saturated rings. The fourth-order valence-corrected chi connectivity index (χ4v) is 2.46. The normalized spacial score (nSPS) is 18.3. The third-order valence-electron chi connectivity index (χ3n) is 3.33. The monoisotopic (exact) mass is 299 g/mol. The van der Waals surface area contributed by atoms with Gasteiger partial charge in [-0.05, 0) is 42.6 Å². The zero-order valence-corrected chi connectivity index (χ0v) is 11.8. The first-order valence-corrected chi connectivity index (χ1v) is 6.89. The van der Waals surface area contributed by atoms with Crippen molar-refractivity contribution in [1.82, 2.24) is 15.1 Å². The van der Waals surface area contributed by atoms with Crippen molar-refractivity contribution in [3.05, 3.63) is 16.4 Å². The van der Waals surface area contributed by atoms with E-state index in [2.05, 4.69) is 26.3 Å². The van der Waals surface area contributed by atoms with Crippen LogP contribution in [-0.4, -0.2) is 21.7 Å². The van der Waals surface area contributed by atoms with E-state index in [4.69, 9.17) is 0 Å². The molecule has 4 nitrogen and oxygen atoms in total. The van der Waals surface area contributed by atoms with Crippen LogP contribution in [0.2, 0.25) is 0 Å². The van der Waals surface area contributed by atoms with Crippen molar-refractivity contribution < 1.29 is 4.79 Å². The summed E-state index contributed by atoms with van der Waals surface area (Å²) in [6.45, 7) is 3.80. The molecule has 0 aromatic carbocycles. The molecular weight excluding hydrogens is 282 g/mol. The molecule has 5 heteroatoms. The van der Waals surface area contributed by atoms with Gasteiger partial charge < -0.3 is 5.32 Å². The van der Waals surface area contributed by atoms with Gasteiger partial charge in [0.15, 0.2) is 0 Å². The molecule has 1 saturated carbocycles. The number of aryl methyl sites for hydroxylation is 1. The van der Waals surface area contributed by atoms with Crippen molar-refractivity contribution in [2.45, 2.75) is 51.6 Å². The Labute approximate surface area is 110 Å².